The van der Waals surface area contributed by atoms with Crippen molar-refractivity contribution in [3.05, 3.63) is 22.2 Å². The number of nitrogens with zero attached hydrogens (tertiary/aromatic N) is 2. The second kappa shape index (κ2) is 8.01. The fourth-order valence-electron chi connectivity index (χ4n) is 2.64. The molecule has 2 N–H and O–H groups in total. The van der Waals surface area contributed by atoms with Gasteiger partial charge in [-0.15, -0.1) is 0 Å². The van der Waals surface area contributed by atoms with Crippen LogP contribution in [0.2, 0.25) is 0 Å². The predicted molar refractivity (Wildman–Crippen MR) is 90.8 cm³/mol. The van der Waals surface area contributed by atoms with Gasteiger partial charge in [-0.1, -0.05) is 18.8 Å². The molecule has 140 valence electrons. The van der Waals surface area contributed by atoms with E-state index in [1.165, 1.54) is 20.0 Å². The molecule has 2 unspecified atom stereocenters. The SMILES string of the molecule is CCC#Cc1cn([C@@H]2O[C@H](C)C(OC(C)=O)C2OC(C)=O)c(=O)nc1N. The van der Waals surface area contributed by atoms with Crippen molar-refractivity contribution >= 4 is 17.8 Å². The van der Waals surface area contributed by atoms with Crippen LogP contribution in [0.4, 0.5) is 5.82 Å². The second-order valence-corrected chi connectivity index (χ2v) is 5.76. The number of esters is 2. The molecule has 1 aliphatic rings. The number of nitrogens with two attached hydrogens (primary N) is 1. The minimum Gasteiger partial charge on any atom is -0.456 e. The highest BCUT2D eigenvalue weighted by Crippen LogP contribution is 2.33. The average Bonchev–Trinajstić information content (AvgIpc) is 2.82. The summed E-state index contributed by atoms with van der Waals surface area (Å²) in [4.78, 5) is 38.9. The molecule has 4 atom stereocenters. The number of nitrogen functional groups attached to an aromatic ring is 1. The Labute approximate surface area is 150 Å². The summed E-state index contributed by atoms with van der Waals surface area (Å²) in [5, 5.41) is 0. The topological polar surface area (TPSA) is 123 Å². The molecular formula is C17H21N3O6. The van der Waals surface area contributed by atoms with Gasteiger partial charge in [0.2, 0.25) is 0 Å². The van der Waals surface area contributed by atoms with Gasteiger partial charge in [0.1, 0.15) is 5.82 Å². The number of carbonyl (C=O) groups excluding carboxylic acids is 2. The number of rotatable bonds is 3. The van der Waals surface area contributed by atoms with E-state index in [4.69, 9.17) is 19.9 Å². The number of hydrogen-bond acceptors (Lipinski definition) is 8. The maximum Gasteiger partial charge on any atom is 0.351 e. The molecule has 9 nitrogen and oxygen atoms in total. The highest BCUT2D eigenvalue weighted by Gasteiger charge is 2.48. The van der Waals surface area contributed by atoms with Crippen LogP contribution in [0.1, 0.15) is 45.9 Å². The zero-order valence-electron chi connectivity index (χ0n) is 15.0. The normalized spacial score (nSPS) is 24.5. The molecule has 26 heavy (non-hydrogen) atoms. The van der Waals surface area contributed by atoms with Crippen LogP contribution in [0, 0.1) is 11.8 Å². The van der Waals surface area contributed by atoms with Crippen LogP contribution in [0.3, 0.4) is 0 Å². The van der Waals surface area contributed by atoms with Crippen LogP contribution in [-0.2, 0) is 23.8 Å². The molecule has 0 aromatic carbocycles. The first-order valence-electron chi connectivity index (χ1n) is 8.12. The number of carbonyl (C=O) groups is 2. The highest BCUT2D eigenvalue weighted by atomic mass is 16.6. The lowest BCUT2D eigenvalue weighted by atomic mass is 10.1. The third kappa shape index (κ3) is 4.21. The first-order valence-corrected chi connectivity index (χ1v) is 8.12. The van der Waals surface area contributed by atoms with Crippen molar-refractivity contribution in [3.63, 3.8) is 0 Å². The monoisotopic (exact) mass is 363 g/mol. The number of anilines is 1. The van der Waals surface area contributed by atoms with E-state index in [2.05, 4.69) is 16.8 Å². The Bertz CT molecular complexity index is 822. The maximum atomic E-state index is 12.3. The number of aromatic nitrogens is 2. The van der Waals surface area contributed by atoms with E-state index >= 15 is 0 Å². The predicted octanol–water partition coefficient (Wildman–Crippen LogP) is 0.368. The molecule has 1 saturated heterocycles. The minimum atomic E-state index is -1.03. The standard InChI is InChI=1S/C17H21N3O6/c1-5-6-7-12-8-20(17(23)19-15(12)18)16-14(26-11(4)22)13(9(2)24-16)25-10(3)21/h8-9,13-14,16H,5H2,1-4H3,(H2,18,19,23)/t9-,13?,14?,16-/m1/s1. The summed E-state index contributed by atoms with van der Waals surface area (Å²) in [5.41, 5.74) is 5.40. The Morgan fingerprint density at radius 1 is 1.31 bits per heavy atom. The van der Waals surface area contributed by atoms with Crippen molar-refractivity contribution < 1.29 is 23.8 Å². The van der Waals surface area contributed by atoms with E-state index in [0.717, 1.165) is 4.57 Å². The van der Waals surface area contributed by atoms with Gasteiger partial charge in [0, 0.05) is 26.5 Å². The lowest BCUT2D eigenvalue weighted by Crippen LogP contribution is -2.40. The Hall–Kier alpha value is -2.86. The smallest absolute Gasteiger partial charge is 0.351 e. The molecule has 0 bridgehead atoms. The zero-order chi connectivity index (χ0) is 19.4. The fourth-order valence-corrected chi connectivity index (χ4v) is 2.64. The highest BCUT2D eigenvalue weighted by molar-refractivity contribution is 5.67. The van der Waals surface area contributed by atoms with Crippen molar-refractivity contribution in [2.24, 2.45) is 0 Å². The summed E-state index contributed by atoms with van der Waals surface area (Å²) < 4.78 is 17.4. The van der Waals surface area contributed by atoms with Crippen molar-refractivity contribution in [3.8, 4) is 11.8 Å². The lowest BCUT2D eigenvalue weighted by molar-refractivity contribution is -0.165. The summed E-state index contributed by atoms with van der Waals surface area (Å²) in [7, 11) is 0. The lowest BCUT2D eigenvalue weighted by Gasteiger charge is -2.23. The van der Waals surface area contributed by atoms with Crippen molar-refractivity contribution in [2.75, 3.05) is 5.73 Å². The zero-order valence-corrected chi connectivity index (χ0v) is 15.0. The van der Waals surface area contributed by atoms with Crippen LogP contribution < -0.4 is 11.4 Å². The van der Waals surface area contributed by atoms with Gasteiger partial charge in [0.15, 0.2) is 18.4 Å². The van der Waals surface area contributed by atoms with E-state index < -0.39 is 42.2 Å². The molecule has 0 amide bonds. The van der Waals surface area contributed by atoms with Crippen LogP contribution in [0.5, 0.6) is 0 Å². The van der Waals surface area contributed by atoms with Gasteiger partial charge in [-0.05, 0) is 6.92 Å². The van der Waals surface area contributed by atoms with Crippen LogP contribution in [0.25, 0.3) is 0 Å². The number of ether oxygens (including phenoxy) is 3. The van der Waals surface area contributed by atoms with Crippen LogP contribution in [0.15, 0.2) is 11.0 Å². The Kier molecular flexibility index (Phi) is 6.00. The Morgan fingerprint density at radius 2 is 1.92 bits per heavy atom. The minimum absolute atomic E-state index is 0.00109. The van der Waals surface area contributed by atoms with E-state index in [-0.39, 0.29) is 5.82 Å². The molecular weight excluding hydrogens is 342 g/mol. The molecule has 0 aliphatic carbocycles. The molecule has 0 saturated carbocycles. The molecule has 1 fully saturated rings. The van der Waals surface area contributed by atoms with Crippen LogP contribution >= 0.6 is 0 Å². The van der Waals surface area contributed by atoms with E-state index in [1.54, 1.807) is 6.92 Å². The summed E-state index contributed by atoms with van der Waals surface area (Å²) in [6.07, 6.45) is -1.52. The van der Waals surface area contributed by atoms with E-state index in [1.807, 2.05) is 6.92 Å². The first kappa shape index (κ1) is 19.5. The third-order valence-corrected chi connectivity index (χ3v) is 3.68. The molecule has 2 heterocycles. The van der Waals surface area contributed by atoms with Crippen molar-refractivity contribution in [1.29, 1.82) is 0 Å². The van der Waals surface area contributed by atoms with Gasteiger partial charge in [-0.2, -0.15) is 4.98 Å². The van der Waals surface area contributed by atoms with Gasteiger partial charge in [-0.25, -0.2) is 4.79 Å². The van der Waals surface area contributed by atoms with Gasteiger partial charge in [0.05, 0.1) is 11.7 Å². The van der Waals surface area contributed by atoms with Crippen molar-refractivity contribution in [1.82, 2.24) is 9.55 Å². The molecule has 1 aliphatic heterocycles. The molecule has 1 aromatic heterocycles. The molecule has 9 heteroatoms. The summed E-state index contributed by atoms with van der Waals surface area (Å²) in [5.74, 6) is 4.51. The van der Waals surface area contributed by atoms with Crippen LogP contribution in [-0.4, -0.2) is 39.8 Å². The summed E-state index contributed by atoms with van der Waals surface area (Å²) >= 11 is 0. The maximum absolute atomic E-state index is 12.3. The molecule has 2 rings (SSSR count). The second-order valence-electron chi connectivity index (χ2n) is 5.76. The van der Waals surface area contributed by atoms with E-state index in [0.29, 0.717) is 12.0 Å². The van der Waals surface area contributed by atoms with Crippen molar-refractivity contribution in [2.45, 2.75) is 58.7 Å². The van der Waals surface area contributed by atoms with Gasteiger partial charge in [0.25, 0.3) is 0 Å². The molecule has 0 spiro atoms. The molecule has 0 radical (unpaired) electrons. The van der Waals surface area contributed by atoms with Gasteiger partial charge < -0.3 is 19.9 Å². The summed E-state index contributed by atoms with van der Waals surface area (Å²) in [6.45, 7) is 5.97. The Balaban J connectivity index is 2.49. The quantitative estimate of drug-likeness (QED) is 0.603. The third-order valence-electron chi connectivity index (χ3n) is 3.68. The fraction of sp³-hybridized carbons (Fsp3) is 0.529. The average molecular weight is 363 g/mol. The largest absolute Gasteiger partial charge is 0.456 e. The number of hydrogen-bond donors (Lipinski definition) is 1. The Morgan fingerprint density at radius 3 is 2.50 bits per heavy atom. The van der Waals surface area contributed by atoms with E-state index in [9.17, 15) is 14.4 Å². The van der Waals surface area contributed by atoms with Gasteiger partial charge >= 0.3 is 17.6 Å². The summed E-state index contributed by atoms with van der Waals surface area (Å²) in [6, 6.07) is 0. The first-order chi connectivity index (χ1) is 12.2. The van der Waals surface area contributed by atoms with Gasteiger partial charge in [-0.3, -0.25) is 14.2 Å². The molecule has 1 aromatic rings.